The number of aryl methyl sites for hydroxylation is 2. The van der Waals surface area contributed by atoms with Crippen LogP contribution in [0.4, 0.5) is 10.5 Å². The third-order valence-electron chi connectivity index (χ3n) is 2.06. The zero-order valence-electron chi connectivity index (χ0n) is 9.46. The van der Waals surface area contributed by atoms with E-state index in [1.165, 1.54) is 5.56 Å². The van der Waals surface area contributed by atoms with E-state index in [1.54, 1.807) is 0 Å². The van der Waals surface area contributed by atoms with E-state index in [0.717, 1.165) is 17.7 Å². The lowest BCUT2D eigenvalue weighted by molar-refractivity contribution is 0.161. The minimum Gasteiger partial charge on any atom is -0.449 e. The first-order valence-electron chi connectivity index (χ1n) is 5.14. The highest BCUT2D eigenvalue weighted by Crippen LogP contribution is 2.15. The molecule has 0 saturated carbocycles. The Hall–Kier alpha value is -1.51. The third kappa shape index (κ3) is 3.62. The topological polar surface area (TPSA) is 38.3 Å². The van der Waals surface area contributed by atoms with Crippen LogP contribution in [-0.2, 0) is 4.74 Å². The predicted octanol–water partition coefficient (Wildman–Crippen LogP) is 3.26. The first-order chi connectivity index (χ1) is 7.13. The average molecular weight is 207 g/mol. The molecular formula is C12H17NO2. The summed E-state index contributed by atoms with van der Waals surface area (Å²) in [5.41, 5.74) is 3.03. The van der Waals surface area contributed by atoms with Gasteiger partial charge in [-0.2, -0.15) is 0 Å². The van der Waals surface area contributed by atoms with Crippen LogP contribution in [0.25, 0.3) is 0 Å². The summed E-state index contributed by atoms with van der Waals surface area (Å²) >= 11 is 0. The van der Waals surface area contributed by atoms with Gasteiger partial charge in [0.15, 0.2) is 0 Å². The van der Waals surface area contributed by atoms with Crippen LogP contribution in [0.15, 0.2) is 18.2 Å². The van der Waals surface area contributed by atoms with Gasteiger partial charge in [-0.1, -0.05) is 24.6 Å². The number of nitrogens with one attached hydrogen (secondary N) is 1. The van der Waals surface area contributed by atoms with Crippen LogP contribution in [0.5, 0.6) is 0 Å². The molecule has 0 atom stereocenters. The van der Waals surface area contributed by atoms with Gasteiger partial charge in [0, 0.05) is 5.69 Å². The van der Waals surface area contributed by atoms with Gasteiger partial charge in [0.2, 0.25) is 0 Å². The Labute approximate surface area is 90.4 Å². The third-order valence-corrected chi connectivity index (χ3v) is 2.06. The van der Waals surface area contributed by atoms with Crippen molar-refractivity contribution in [1.29, 1.82) is 0 Å². The zero-order chi connectivity index (χ0) is 11.3. The Morgan fingerprint density at radius 2 is 2.13 bits per heavy atom. The van der Waals surface area contributed by atoms with Gasteiger partial charge >= 0.3 is 6.09 Å². The molecule has 1 rings (SSSR count). The molecule has 0 aliphatic carbocycles. The van der Waals surface area contributed by atoms with Crippen LogP contribution in [0.2, 0.25) is 0 Å². The van der Waals surface area contributed by atoms with Crippen molar-refractivity contribution in [2.75, 3.05) is 11.9 Å². The molecule has 0 radical (unpaired) electrons. The number of anilines is 1. The fourth-order valence-corrected chi connectivity index (χ4v) is 1.29. The summed E-state index contributed by atoms with van der Waals surface area (Å²) in [6, 6.07) is 5.87. The molecule has 1 N–H and O–H groups in total. The van der Waals surface area contributed by atoms with Gasteiger partial charge in [-0.05, 0) is 31.9 Å². The lowest BCUT2D eigenvalue weighted by atomic mass is 10.1. The molecule has 0 spiro atoms. The van der Waals surface area contributed by atoms with Crippen LogP contribution in [-0.4, -0.2) is 12.7 Å². The van der Waals surface area contributed by atoms with Crippen LogP contribution < -0.4 is 5.32 Å². The number of hydrogen-bond acceptors (Lipinski definition) is 2. The molecule has 3 heteroatoms. The molecule has 0 fully saturated rings. The van der Waals surface area contributed by atoms with Crippen LogP contribution in [0.1, 0.15) is 24.5 Å². The average Bonchev–Trinajstić information content (AvgIpc) is 2.19. The minimum atomic E-state index is -0.385. The Balaban J connectivity index is 2.60. The summed E-state index contributed by atoms with van der Waals surface area (Å²) in [6.45, 7) is 6.40. The Kier molecular flexibility index (Phi) is 4.16. The van der Waals surface area contributed by atoms with Gasteiger partial charge in [-0.3, -0.25) is 5.32 Å². The lowest BCUT2D eigenvalue weighted by Gasteiger charge is -2.09. The van der Waals surface area contributed by atoms with Crippen LogP contribution >= 0.6 is 0 Å². The van der Waals surface area contributed by atoms with Crippen molar-refractivity contribution in [3.63, 3.8) is 0 Å². The van der Waals surface area contributed by atoms with Crippen molar-refractivity contribution in [1.82, 2.24) is 0 Å². The second-order valence-corrected chi connectivity index (χ2v) is 3.58. The van der Waals surface area contributed by atoms with E-state index in [4.69, 9.17) is 4.74 Å². The minimum absolute atomic E-state index is 0.385. The molecule has 0 unspecified atom stereocenters. The van der Waals surface area contributed by atoms with Crippen molar-refractivity contribution in [3.05, 3.63) is 29.3 Å². The van der Waals surface area contributed by atoms with Crippen molar-refractivity contribution in [3.8, 4) is 0 Å². The molecular weight excluding hydrogens is 190 g/mol. The van der Waals surface area contributed by atoms with Crippen molar-refractivity contribution >= 4 is 11.8 Å². The summed E-state index contributed by atoms with van der Waals surface area (Å²) in [6.07, 6.45) is 0.448. The maximum atomic E-state index is 11.3. The Morgan fingerprint density at radius 3 is 2.73 bits per heavy atom. The second kappa shape index (κ2) is 5.39. The maximum Gasteiger partial charge on any atom is 0.411 e. The predicted molar refractivity (Wildman–Crippen MR) is 61.2 cm³/mol. The number of carbonyl (C=O) groups is 1. The first kappa shape index (κ1) is 11.6. The van der Waals surface area contributed by atoms with Gasteiger partial charge < -0.3 is 4.74 Å². The zero-order valence-corrected chi connectivity index (χ0v) is 9.46. The number of rotatable bonds is 3. The van der Waals surface area contributed by atoms with E-state index in [-0.39, 0.29) is 6.09 Å². The van der Waals surface area contributed by atoms with Crippen LogP contribution in [0, 0.1) is 13.8 Å². The SMILES string of the molecule is CCCOC(=O)Nc1ccc(C)cc1C. The molecule has 1 aromatic carbocycles. The van der Waals surface area contributed by atoms with E-state index in [9.17, 15) is 4.79 Å². The van der Waals surface area contributed by atoms with Crippen molar-refractivity contribution in [2.45, 2.75) is 27.2 Å². The van der Waals surface area contributed by atoms with Crippen molar-refractivity contribution in [2.24, 2.45) is 0 Å². The van der Waals surface area contributed by atoms with Crippen LogP contribution in [0.3, 0.4) is 0 Å². The quantitative estimate of drug-likeness (QED) is 0.826. The number of hydrogen-bond donors (Lipinski definition) is 1. The van der Waals surface area contributed by atoms with Gasteiger partial charge in [-0.25, -0.2) is 4.79 Å². The largest absolute Gasteiger partial charge is 0.449 e. The number of carbonyl (C=O) groups excluding carboxylic acids is 1. The van der Waals surface area contributed by atoms with Gasteiger partial charge in [0.05, 0.1) is 6.61 Å². The highest BCUT2D eigenvalue weighted by atomic mass is 16.5. The molecule has 0 saturated heterocycles. The molecule has 15 heavy (non-hydrogen) atoms. The number of ether oxygens (including phenoxy) is 1. The summed E-state index contributed by atoms with van der Waals surface area (Å²) in [4.78, 5) is 11.3. The smallest absolute Gasteiger partial charge is 0.411 e. The Morgan fingerprint density at radius 1 is 1.40 bits per heavy atom. The van der Waals surface area contributed by atoms with E-state index < -0.39 is 0 Å². The summed E-state index contributed by atoms with van der Waals surface area (Å²) in [7, 11) is 0. The van der Waals surface area contributed by atoms with E-state index in [2.05, 4.69) is 5.32 Å². The molecule has 1 amide bonds. The Bertz CT molecular complexity index is 347. The standard InChI is InChI=1S/C12H17NO2/c1-4-7-15-12(14)13-11-6-5-9(2)8-10(11)3/h5-6,8H,4,7H2,1-3H3,(H,13,14). The summed E-state index contributed by atoms with van der Waals surface area (Å²) in [5, 5.41) is 2.71. The molecule has 0 heterocycles. The highest BCUT2D eigenvalue weighted by Gasteiger charge is 2.04. The summed E-state index contributed by atoms with van der Waals surface area (Å²) in [5.74, 6) is 0. The van der Waals surface area contributed by atoms with E-state index in [0.29, 0.717) is 6.61 Å². The highest BCUT2D eigenvalue weighted by molar-refractivity contribution is 5.85. The lowest BCUT2D eigenvalue weighted by Crippen LogP contribution is -2.14. The van der Waals surface area contributed by atoms with Gasteiger partial charge in [0.25, 0.3) is 0 Å². The normalized spacial score (nSPS) is 9.80. The second-order valence-electron chi connectivity index (χ2n) is 3.58. The number of benzene rings is 1. The molecule has 0 aromatic heterocycles. The number of amides is 1. The fourth-order valence-electron chi connectivity index (χ4n) is 1.29. The molecule has 1 aromatic rings. The van der Waals surface area contributed by atoms with E-state index in [1.807, 2.05) is 39.0 Å². The monoisotopic (exact) mass is 207 g/mol. The molecule has 82 valence electrons. The molecule has 3 nitrogen and oxygen atoms in total. The van der Waals surface area contributed by atoms with Crippen molar-refractivity contribution < 1.29 is 9.53 Å². The molecule has 0 bridgehead atoms. The fraction of sp³-hybridized carbons (Fsp3) is 0.417. The van der Waals surface area contributed by atoms with Gasteiger partial charge in [-0.15, -0.1) is 0 Å². The first-order valence-corrected chi connectivity index (χ1v) is 5.14. The molecule has 0 aliphatic heterocycles. The summed E-state index contributed by atoms with van der Waals surface area (Å²) < 4.78 is 4.93. The molecule has 0 aliphatic rings. The van der Waals surface area contributed by atoms with Gasteiger partial charge in [0.1, 0.15) is 0 Å². The van der Waals surface area contributed by atoms with E-state index >= 15 is 0 Å². The maximum absolute atomic E-state index is 11.3.